The number of esters is 2. The molecular formula is C45H87O13P. The average Bonchev–Trinajstić information content (AvgIpc) is 3.21. The van der Waals surface area contributed by atoms with Crippen LogP contribution in [0.2, 0.25) is 0 Å². The van der Waals surface area contributed by atoms with Crippen molar-refractivity contribution in [2.75, 3.05) is 13.2 Å². The van der Waals surface area contributed by atoms with E-state index in [9.17, 15) is 44.6 Å². The number of rotatable bonds is 40. The zero-order valence-electron chi connectivity index (χ0n) is 37.1. The van der Waals surface area contributed by atoms with Gasteiger partial charge in [0.2, 0.25) is 0 Å². The van der Waals surface area contributed by atoms with Crippen molar-refractivity contribution in [3.05, 3.63) is 0 Å². The SMILES string of the molecule is CCCCCCCCCCCCCCCCCCC(=O)OC[C@@H](COP(=O)(O)OC1C(O)C(O)C(O)[C@H](O)C1O)OC(=O)CCCCCCCCCCCCCCCC. The molecule has 0 amide bonds. The Labute approximate surface area is 357 Å². The molecule has 0 aromatic carbocycles. The number of phosphoric ester groups is 1. The van der Waals surface area contributed by atoms with Crippen LogP contribution < -0.4 is 0 Å². The van der Waals surface area contributed by atoms with Crippen molar-refractivity contribution < 1.29 is 63.1 Å². The molecule has 59 heavy (non-hydrogen) atoms. The van der Waals surface area contributed by atoms with E-state index >= 15 is 0 Å². The van der Waals surface area contributed by atoms with Gasteiger partial charge >= 0.3 is 19.8 Å². The van der Waals surface area contributed by atoms with E-state index in [0.717, 1.165) is 38.5 Å². The number of carbonyl (C=O) groups excluding carboxylic acids is 2. The predicted molar refractivity (Wildman–Crippen MR) is 231 cm³/mol. The van der Waals surface area contributed by atoms with Crippen molar-refractivity contribution in [1.82, 2.24) is 0 Å². The van der Waals surface area contributed by atoms with Crippen molar-refractivity contribution in [1.29, 1.82) is 0 Å². The molecule has 13 nitrogen and oxygen atoms in total. The molecule has 0 bridgehead atoms. The number of aliphatic hydroxyl groups excluding tert-OH is 5. The topological polar surface area (TPSA) is 210 Å². The van der Waals surface area contributed by atoms with Crippen LogP contribution in [0.5, 0.6) is 0 Å². The number of hydrogen-bond donors (Lipinski definition) is 6. The second-order valence-electron chi connectivity index (χ2n) is 17.0. The minimum atomic E-state index is -5.11. The Morgan fingerprint density at radius 1 is 0.458 bits per heavy atom. The highest BCUT2D eigenvalue weighted by atomic mass is 31.2. The summed E-state index contributed by atoms with van der Waals surface area (Å²) in [5, 5.41) is 50.1. The second kappa shape index (κ2) is 36.3. The van der Waals surface area contributed by atoms with Crippen LogP contribution in [0.4, 0.5) is 0 Å². The summed E-state index contributed by atoms with van der Waals surface area (Å²) in [7, 11) is -5.11. The van der Waals surface area contributed by atoms with Gasteiger partial charge in [0.25, 0.3) is 0 Å². The molecule has 1 aliphatic rings. The van der Waals surface area contributed by atoms with Gasteiger partial charge in [-0.2, -0.15) is 0 Å². The minimum absolute atomic E-state index is 0.105. The zero-order valence-corrected chi connectivity index (χ0v) is 38.0. The molecule has 1 saturated carbocycles. The predicted octanol–water partition coefficient (Wildman–Crippen LogP) is 9.28. The van der Waals surface area contributed by atoms with Gasteiger partial charge in [-0.15, -0.1) is 0 Å². The Bertz CT molecular complexity index is 1050. The van der Waals surface area contributed by atoms with Crippen molar-refractivity contribution in [3.63, 3.8) is 0 Å². The van der Waals surface area contributed by atoms with Crippen LogP contribution in [0, 0.1) is 0 Å². The first-order chi connectivity index (χ1) is 28.4. The van der Waals surface area contributed by atoms with Gasteiger partial charge in [-0.3, -0.25) is 18.6 Å². The quantitative estimate of drug-likeness (QED) is 0.0193. The molecule has 0 saturated heterocycles. The monoisotopic (exact) mass is 867 g/mol. The number of carbonyl (C=O) groups is 2. The Kier molecular flexibility index (Phi) is 34.4. The largest absolute Gasteiger partial charge is 0.472 e. The van der Waals surface area contributed by atoms with E-state index in [1.54, 1.807) is 0 Å². The number of hydrogen-bond acceptors (Lipinski definition) is 12. The van der Waals surface area contributed by atoms with Gasteiger partial charge in [0, 0.05) is 12.8 Å². The summed E-state index contributed by atoms with van der Waals surface area (Å²) in [4.78, 5) is 35.7. The summed E-state index contributed by atoms with van der Waals surface area (Å²) in [5.41, 5.74) is 0. The van der Waals surface area contributed by atoms with E-state index in [0.29, 0.717) is 12.8 Å². The lowest BCUT2D eigenvalue weighted by molar-refractivity contribution is -0.220. The highest BCUT2D eigenvalue weighted by Crippen LogP contribution is 2.47. The van der Waals surface area contributed by atoms with E-state index in [4.69, 9.17) is 18.5 Å². The van der Waals surface area contributed by atoms with E-state index in [1.165, 1.54) is 141 Å². The first-order valence-corrected chi connectivity index (χ1v) is 25.3. The maximum atomic E-state index is 12.8. The van der Waals surface area contributed by atoms with Gasteiger partial charge < -0.3 is 39.9 Å². The highest BCUT2D eigenvalue weighted by molar-refractivity contribution is 7.47. The van der Waals surface area contributed by atoms with Crippen LogP contribution in [0.25, 0.3) is 0 Å². The van der Waals surface area contributed by atoms with Crippen molar-refractivity contribution >= 4 is 19.8 Å². The molecule has 8 atom stereocenters. The first kappa shape index (κ1) is 55.9. The Hall–Kier alpha value is -1.15. The van der Waals surface area contributed by atoms with Gasteiger partial charge in [0.15, 0.2) is 6.10 Å². The molecule has 6 unspecified atom stereocenters. The van der Waals surface area contributed by atoms with Crippen molar-refractivity contribution in [3.8, 4) is 0 Å². The molecule has 1 aliphatic carbocycles. The maximum absolute atomic E-state index is 12.8. The molecule has 0 radical (unpaired) electrons. The van der Waals surface area contributed by atoms with Crippen LogP contribution in [0.1, 0.15) is 219 Å². The maximum Gasteiger partial charge on any atom is 0.472 e. The van der Waals surface area contributed by atoms with Crippen LogP contribution in [-0.4, -0.2) is 98.3 Å². The molecule has 350 valence electrons. The fourth-order valence-corrected chi connectivity index (χ4v) is 8.56. The first-order valence-electron chi connectivity index (χ1n) is 23.8. The second-order valence-corrected chi connectivity index (χ2v) is 18.4. The van der Waals surface area contributed by atoms with Gasteiger partial charge in [0.1, 0.15) is 43.2 Å². The smallest absolute Gasteiger partial charge is 0.462 e. The lowest BCUT2D eigenvalue weighted by Crippen LogP contribution is -2.64. The number of aliphatic hydroxyl groups is 5. The molecule has 1 fully saturated rings. The molecule has 6 N–H and O–H groups in total. The van der Waals surface area contributed by atoms with Crippen molar-refractivity contribution in [2.24, 2.45) is 0 Å². The normalized spacial score (nSPS) is 22.2. The fraction of sp³-hybridized carbons (Fsp3) is 0.956. The van der Waals surface area contributed by atoms with Gasteiger partial charge in [-0.05, 0) is 12.8 Å². The Morgan fingerprint density at radius 2 is 0.763 bits per heavy atom. The summed E-state index contributed by atoms with van der Waals surface area (Å²) in [6, 6.07) is 0. The third-order valence-electron chi connectivity index (χ3n) is 11.4. The summed E-state index contributed by atoms with van der Waals surface area (Å²) < 4.78 is 33.5. The average molecular weight is 867 g/mol. The molecule has 14 heteroatoms. The van der Waals surface area contributed by atoms with Gasteiger partial charge in [0.05, 0.1) is 6.61 Å². The number of phosphoric acid groups is 1. The lowest BCUT2D eigenvalue weighted by atomic mass is 9.85. The fourth-order valence-electron chi connectivity index (χ4n) is 7.58. The molecule has 0 aliphatic heterocycles. The third-order valence-corrected chi connectivity index (χ3v) is 12.4. The number of ether oxygens (including phenoxy) is 2. The van der Waals surface area contributed by atoms with E-state index in [2.05, 4.69) is 13.8 Å². The summed E-state index contributed by atoms with van der Waals surface area (Å²) in [6.45, 7) is 3.32. The Morgan fingerprint density at radius 3 is 1.12 bits per heavy atom. The molecular weight excluding hydrogens is 779 g/mol. The molecule has 0 spiro atoms. The molecule has 1 rings (SSSR count). The van der Waals surface area contributed by atoms with Crippen LogP contribution in [0.3, 0.4) is 0 Å². The number of unbranched alkanes of at least 4 members (excludes halogenated alkanes) is 28. The van der Waals surface area contributed by atoms with Crippen LogP contribution >= 0.6 is 7.82 Å². The Balaban J connectivity index is 2.42. The van der Waals surface area contributed by atoms with Gasteiger partial charge in [-0.25, -0.2) is 4.57 Å². The minimum Gasteiger partial charge on any atom is -0.462 e. The standard InChI is InChI=1S/C45H87O13P/c1-3-5-7-9-11-13-15-17-19-20-22-23-25-27-29-31-33-38(46)55-35-37(36-56-59(53,54)58-45-43(51)41(49)40(48)42(50)44(45)52)57-39(47)34-32-30-28-26-24-21-18-16-14-12-10-8-6-4-2/h37,40-45,48-52H,3-36H2,1-2H3,(H,53,54)/t37-,40?,41-,42?,43?,44?,45?/m0/s1. The van der Waals surface area contributed by atoms with Crippen LogP contribution in [-0.2, 0) is 32.7 Å². The summed E-state index contributed by atoms with van der Waals surface area (Å²) >= 11 is 0. The third kappa shape index (κ3) is 29.0. The van der Waals surface area contributed by atoms with E-state index in [1.807, 2.05) is 0 Å². The van der Waals surface area contributed by atoms with E-state index in [-0.39, 0.29) is 12.8 Å². The molecule has 0 aromatic rings. The van der Waals surface area contributed by atoms with E-state index < -0.39 is 75.7 Å². The summed E-state index contributed by atoms with van der Waals surface area (Å²) in [5.74, 6) is -1.08. The van der Waals surface area contributed by atoms with Crippen molar-refractivity contribution in [2.45, 2.75) is 262 Å². The summed E-state index contributed by atoms with van der Waals surface area (Å²) in [6.07, 6.45) is 23.0. The lowest BCUT2D eigenvalue weighted by Gasteiger charge is -2.41. The highest BCUT2D eigenvalue weighted by Gasteiger charge is 2.51. The zero-order chi connectivity index (χ0) is 43.6. The molecule has 0 aromatic heterocycles. The van der Waals surface area contributed by atoms with Gasteiger partial charge in [-0.1, -0.05) is 194 Å². The molecule has 0 heterocycles. The van der Waals surface area contributed by atoms with Crippen LogP contribution in [0.15, 0.2) is 0 Å².